The van der Waals surface area contributed by atoms with Crippen LogP contribution in [0.5, 0.6) is 0 Å². The molecular formula is C33H25N. The van der Waals surface area contributed by atoms with Gasteiger partial charge in [-0.05, 0) is 67.3 Å². The van der Waals surface area contributed by atoms with Crippen molar-refractivity contribution in [2.24, 2.45) is 0 Å². The first-order valence-electron chi connectivity index (χ1n) is 12.1. The minimum Gasteiger partial charge on any atom is -0.387 e. The van der Waals surface area contributed by atoms with Crippen LogP contribution in [0.25, 0.3) is 44.2 Å². The molecule has 0 bridgehead atoms. The summed E-state index contributed by atoms with van der Waals surface area (Å²) >= 11 is 0. The van der Waals surface area contributed by atoms with Crippen LogP contribution in [0.4, 0.5) is 0 Å². The molecule has 0 saturated carbocycles. The van der Waals surface area contributed by atoms with E-state index in [1.807, 2.05) is 0 Å². The van der Waals surface area contributed by atoms with Crippen molar-refractivity contribution in [3.05, 3.63) is 132 Å². The number of allylic oxidation sites excluding steroid dienone is 6. The molecular weight excluding hydrogens is 410 g/mol. The fourth-order valence-electron chi connectivity index (χ4n) is 5.73. The molecule has 0 amide bonds. The van der Waals surface area contributed by atoms with Gasteiger partial charge in [-0.2, -0.15) is 0 Å². The highest BCUT2D eigenvalue weighted by Crippen LogP contribution is 2.49. The maximum absolute atomic E-state index is 3.30. The van der Waals surface area contributed by atoms with Gasteiger partial charge in [0.2, 0.25) is 0 Å². The van der Waals surface area contributed by atoms with E-state index in [-0.39, 0.29) is 0 Å². The van der Waals surface area contributed by atoms with Gasteiger partial charge in [0.25, 0.3) is 0 Å². The smallest absolute Gasteiger partial charge is 0.0328 e. The molecule has 1 aliphatic heterocycles. The van der Waals surface area contributed by atoms with E-state index in [0.29, 0.717) is 5.92 Å². The largest absolute Gasteiger partial charge is 0.387 e. The van der Waals surface area contributed by atoms with Crippen molar-refractivity contribution in [3.8, 4) is 22.3 Å². The molecule has 34 heavy (non-hydrogen) atoms. The molecule has 4 aromatic rings. The predicted octanol–water partition coefficient (Wildman–Crippen LogP) is 8.11. The zero-order chi connectivity index (χ0) is 22.5. The Morgan fingerprint density at radius 1 is 0.618 bits per heavy atom. The minimum atomic E-state index is 0.392. The van der Waals surface area contributed by atoms with Gasteiger partial charge in [-0.1, -0.05) is 109 Å². The van der Waals surface area contributed by atoms with Crippen molar-refractivity contribution in [1.82, 2.24) is 5.32 Å². The van der Waals surface area contributed by atoms with Gasteiger partial charge in [0.15, 0.2) is 0 Å². The Balaban J connectivity index is 1.28. The lowest BCUT2D eigenvalue weighted by Crippen LogP contribution is -2.08. The van der Waals surface area contributed by atoms with Crippen LogP contribution in [0.1, 0.15) is 29.0 Å². The Bertz CT molecular complexity index is 1530. The molecule has 2 aliphatic carbocycles. The topological polar surface area (TPSA) is 12.0 Å². The molecule has 0 aromatic heterocycles. The van der Waals surface area contributed by atoms with E-state index in [4.69, 9.17) is 0 Å². The third-order valence-corrected chi connectivity index (χ3v) is 7.39. The molecule has 1 heterocycles. The number of nitrogens with one attached hydrogen (secondary N) is 1. The first kappa shape index (κ1) is 19.4. The highest BCUT2D eigenvalue weighted by atomic mass is 14.8. The molecule has 162 valence electrons. The molecule has 0 spiro atoms. The zero-order valence-corrected chi connectivity index (χ0v) is 19.0. The molecule has 1 atom stereocenters. The van der Waals surface area contributed by atoms with E-state index in [0.717, 1.165) is 13.0 Å². The minimum absolute atomic E-state index is 0.392. The van der Waals surface area contributed by atoms with Gasteiger partial charge in [-0.25, -0.2) is 0 Å². The van der Waals surface area contributed by atoms with Crippen molar-refractivity contribution in [2.45, 2.75) is 12.3 Å². The Morgan fingerprint density at radius 3 is 2.15 bits per heavy atom. The Kier molecular flexibility index (Phi) is 4.41. The van der Waals surface area contributed by atoms with E-state index in [1.165, 1.54) is 60.9 Å². The quantitative estimate of drug-likeness (QED) is 0.302. The van der Waals surface area contributed by atoms with Crippen LogP contribution in [0.2, 0.25) is 0 Å². The van der Waals surface area contributed by atoms with Crippen molar-refractivity contribution < 1.29 is 0 Å². The van der Waals surface area contributed by atoms with E-state index in [2.05, 4.69) is 121 Å². The van der Waals surface area contributed by atoms with Gasteiger partial charge in [0.05, 0.1) is 0 Å². The lowest BCUT2D eigenvalue weighted by molar-refractivity contribution is 0.857. The van der Waals surface area contributed by atoms with Crippen molar-refractivity contribution >= 4 is 21.9 Å². The number of benzene rings is 4. The van der Waals surface area contributed by atoms with Crippen LogP contribution in [-0.2, 0) is 0 Å². The maximum atomic E-state index is 3.30. The molecule has 3 aliphatic rings. The summed E-state index contributed by atoms with van der Waals surface area (Å²) in [7, 11) is 0. The number of hydrogen-bond donors (Lipinski definition) is 1. The van der Waals surface area contributed by atoms with Gasteiger partial charge in [0.1, 0.15) is 0 Å². The number of dihydropyridines is 1. The molecule has 0 radical (unpaired) electrons. The fourth-order valence-corrected chi connectivity index (χ4v) is 5.73. The van der Waals surface area contributed by atoms with Crippen LogP contribution in [0.3, 0.4) is 0 Å². The summed E-state index contributed by atoms with van der Waals surface area (Å²) in [5.41, 5.74) is 11.9. The number of fused-ring (bicyclic) bond motifs is 3. The first-order chi connectivity index (χ1) is 16.9. The Labute approximate surface area is 200 Å². The van der Waals surface area contributed by atoms with Crippen LogP contribution in [-0.4, -0.2) is 6.54 Å². The van der Waals surface area contributed by atoms with Crippen LogP contribution < -0.4 is 5.32 Å². The van der Waals surface area contributed by atoms with Crippen molar-refractivity contribution in [3.63, 3.8) is 0 Å². The van der Waals surface area contributed by atoms with Crippen molar-refractivity contribution in [2.75, 3.05) is 6.54 Å². The summed E-state index contributed by atoms with van der Waals surface area (Å²) < 4.78 is 0. The zero-order valence-electron chi connectivity index (χ0n) is 19.0. The van der Waals surface area contributed by atoms with E-state index in [9.17, 15) is 0 Å². The molecule has 1 unspecified atom stereocenters. The standard InChI is InChI=1S/C33H25N/c1-2-10-29-28(9-1)31-12-4-11-30-27(17-18-32(29)33(30)31)25-7-3-6-24(20-25)22-13-15-23(16-14-22)26-8-5-19-34-21-26/h1-5,7-18,20-21,24,34H,6,19H2. The normalized spacial score (nSPS) is 17.8. The van der Waals surface area contributed by atoms with E-state index >= 15 is 0 Å². The average molecular weight is 436 g/mol. The second kappa shape index (κ2) is 7.74. The summed E-state index contributed by atoms with van der Waals surface area (Å²) in [4.78, 5) is 0. The molecule has 7 rings (SSSR count). The van der Waals surface area contributed by atoms with Gasteiger partial charge >= 0.3 is 0 Å². The van der Waals surface area contributed by atoms with Crippen LogP contribution >= 0.6 is 0 Å². The summed E-state index contributed by atoms with van der Waals surface area (Å²) in [6.07, 6.45) is 14.6. The SMILES string of the molecule is C1=CC(c2ccc(C3C=C(c4ccc5c6c(cccc46)-c4ccccc4-5)C=CC3)cc2)=CNC1. The van der Waals surface area contributed by atoms with Gasteiger partial charge in [-0.15, -0.1) is 0 Å². The van der Waals surface area contributed by atoms with Crippen LogP contribution in [0.15, 0.2) is 115 Å². The molecule has 1 nitrogen and oxygen atoms in total. The maximum Gasteiger partial charge on any atom is 0.0328 e. The molecule has 1 N–H and O–H groups in total. The molecule has 1 heteroatoms. The molecule has 0 fully saturated rings. The number of hydrogen-bond acceptors (Lipinski definition) is 1. The number of rotatable bonds is 3. The summed E-state index contributed by atoms with van der Waals surface area (Å²) in [6.45, 7) is 0.910. The highest BCUT2D eigenvalue weighted by molar-refractivity contribution is 6.17. The Hall–Kier alpha value is -4.10. The lowest BCUT2D eigenvalue weighted by Gasteiger charge is -2.19. The van der Waals surface area contributed by atoms with E-state index in [1.54, 1.807) is 0 Å². The predicted molar refractivity (Wildman–Crippen MR) is 144 cm³/mol. The van der Waals surface area contributed by atoms with Gasteiger partial charge in [0, 0.05) is 18.7 Å². The second-order valence-electron chi connectivity index (χ2n) is 9.33. The lowest BCUT2D eigenvalue weighted by atomic mass is 9.85. The molecule has 4 aromatic carbocycles. The van der Waals surface area contributed by atoms with Crippen molar-refractivity contribution in [1.29, 1.82) is 0 Å². The molecule has 0 saturated heterocycles. The van der Waals surface area contributed by atoms with Crippen LogP contribution in [0, 0.1) is 0 Å². The fraction of sp³-hybridized carbons (Fsp3) is 0.0909. The summed E-state index contributed by atoms with van der Waals surface area (Å²) in [6, 6.07) is 29.3. The highest BCUT2D eigenvalue weighted by Gasteiger charge is 2.23. The summed E-state index contributed by atoms with van der Waals surface area (Å²) in [5, 5.41) is 6.04. The van der Waals surface area contributed by atoms with Gasteiger partial charge in [-0.3, -0.25) is 0 Å². The second-order valence-corrected chi connectivity index (χ2v) is 9.33. The van der Waals surface area contributed by atoms with E-state index < -0.39 is 0 Å². The monoisotopic (exact) mass is 435 g/mol. The Morgan fingerprint density at radius 2 is 1.35 bits per heavy atom. The summed E-state index contributed by atoms with van der Waals surface area (Å²) in [5.74, 6) is 0.392. The third kappa shape index (κ3) is 3.01. The average Bonchev–Trinajstić information content (AvgIpc) is 3.25. The third-order valence-electron chi connectivity index (χ3n) is 7.39. The first-order valence-corrected chi connectivity index (χ1v) is 12.1. The van der Waals surface area contributed by atoms with Gasteiger partial charge < -0.3 is 5.32 Å².